The molecule has 0 rings (SSSR count). The van der Waals surface area contributed by atoms with Crippen molar-refractivity contribution >= 4 is 0 Å². The van der Waals surface area contributed by atoms with E-state index in [2.05, 4.69) is 20.8 Å². The molecule has 0 aliphatic carbocycles. The molecule has 39 heavy (non-hydrogen) atoms. The fourth-order valence-corrected chi connectivity index (χ4v) is 6.47. The first kappa shape index (κ1) is 39.0. The van der Waals surface area contributed by atoms with Gasteiger partial charge in [0, 0.05) is 0 Å². The predicted octanol–water partition coefficient (Wildman–Crippen LogP) is 15.1. The molecule has 0 nitrogen and oxygen atoms in total. The summed E-state index contributed by atoms with van der Waals surface area (Å²) in [5, 5.41) is 0. The van der Waals surface area contributed by atoms with E-state index >= 15 is 0 Å². The van der Waals surface area contributed by atoms with E-state index in [9.17, 15) is 0 Å². The third kappa shape index (κ3) is 34.1. The highest BCUT2D eigenvalue weighted by Gasteiger charge is 2.08. The molecule has 0 aromatic rings. The van der Waals surface area contributed by atoms with Crippen LogP contribution in [0.2, 0.25) is 0 Å². The second-order valence-electron chi connectivity index (χ2n) is 13.3. The van der Waals surface area contributed by atoms with Gasteiger partial charge in [-0.3, -0.25) is 0 Å². The summed E-state index contributed by atoms with van der Waals surface area (Å²) in [5.41, 5.74) is 0. The van der Waals surface area contributed by atoms with Crippen LogP contribution in [0.5, 0.6) is 0 Å². The predicted molar refractivity (Wildman–Crippen MR) is 182 cm³/mol. The van der Waals surface area contributed by atoms with Crippen molar-refractivity contribution in [1.29, 1.82) is 0 Å². The van der Waals surface area contributed by atoms with Crippen LogP contribution in [0.25, 0.3) is 0 Å². The van der Waals surface area contributed by atoms with Crippen molar-refractivity contribution in [1.82, 2.24) is 0 Å². The molecular weight excluding hydrogens is 468 g/mol. The fourth-order valence-electron chi connectivity index (χ4n) is 6.47. The third-order valence-electron chi connectivity index (χ3n) is 9.29. The van der Waals surface area contributed by atoms with E-state index in [0.29, 0.717) is 0 Å². The van der Waals surface area contributed by atoms with Crippen LogP contribution in [0.4, 0.5) is 0 Å². The Morgan fingerprint density at radius 2 is 0.487 bits per heavy atom. The summed E-state index contributed by atoms with van der Waals surface area (Å²) >= 11 is 0. The summed E-state index contributed by atoms with van der Waals surface area (Å²) in [6, 6.07) is 0. The van der Waals surface area contributed by atoms with Gasteiger partial charge in [-0.15, -0.1) is 0 Å². The van der Waals surface area contributed by atoms with Crippen LogP contribution in [-0.4, -0.2) is 0 Å². The van der Waals surface area contributed by atoms with Crippen molar-refractivity contribution in [3.63, 3.8) is 0 Å². The first-order chi connectivity index (χ1) is 19.3. The van der Waals surface area contributed by atoms with Gasteiger partial charge < -0.3 is 0 Å². The van der Waals surface area contributed by atoms with Gasteiger partial charge in [0.1, 0.15) is 0 Å². The highest BCUT2D eigenvalue weighted by atomic mass is 14.1. The van der Waals surface area contributed by atoms with Crippen molar-refractivity contribution in [3.8, 4) is 0 Å². The average Bonchev–Trinajstić information content (AvgIpc) is 2.95. The average molecular weight is 548 g/mol. The summed E-state index contributed by atoms with van der Waals surface area (Å²) in [7, 11) is 0. The molecule has 0 aliphatic rings. The minimum atomic E-state index is 1.02. The van der Waals surface area contributed by atoms with Crippen LogP contribution < -0.4 is 0 Å². The Morgan fingerprint density at radius 1 is 0.282 bits per heavy atom. The zero-order valence-electron chi connectivity index (χ0n) is 28.0. The Kier molecular flexibility index (Phi) is 36.0. The number of hydrogen-bond donors (Lipinski definition) is 0. The minimum Gasteiger partial charge on any atom is -0.0654 e. The Bertz CT molecular complexity index is 399. The Labute approximate surface area is 251 Å². The van der Waals surface area contributed by atoms with Crippen molar-refractivity contribution in [3.05, 3.63) is 6.92 Å². The maximum Gasteiger partial charge on any atom is -0.0414 e. The molecule has 0 amide bonds. The smallest absolute Gasteiger partial charge is 0.0414 e. The van der Waals surface area contributed by atoms with Crippen molar-refractivity contribution in [2.24, 2.45) is 5.92 Å². The lowest BCUT2D eigenvalue weighted by Crippen LogP contribution is -2.01. The number of hydrogen-bond acceptors (Lipinski definition) is 0. The lowest BCUT2D eigenvalue weighted by Gasteiger charge is -2.17. The summed E-state index contributed by atoms with van der Waals surface area (Å²) in [4.78, 5) is 0. The zero-order valence-corrected chi connectivity index (χ0v) is 28.0. The molecular formula is C39H79. The molecule has 0 spiro atoms. The van der Waals surface area contributed by atoms with E-state index in [1.165, 1.54) is 218 Å². The molecule has 0 aliphatic heterocycles. The van der Waals surface area contributed by atoms with E-state index in [4.69, 9.17) is 0 Å². The van der Waals surface area contributed by atoms with Crippen LogP contribution in [0.3, 0.4) is 0 Å². The largest absolute Gasteiger partial charge is 0.0654 e. The lowest BCUT2D eigenvalue weighted by molar-refractivity contribution is 0.366. The van der Waals surface area contributed by atoms with E-state index < -0.39 is 0 Å². The molecule has 0 aromatic heterocycles. The van der Waals surface area contributed by atoms with Gasteiger partial charge in [-0.1, -0.05) is 245 Å². The zero-order chi connectivity index (χ0) is 28.3. The van der Waals surface area contributed by atoms with E-state index in [1.54, 1.807) is 0 Å². The molecule has 1 unspecified atom stereocenters. The van der Waals surface area contributed by atoms with Gasteiger partial charge in [-0.2, -0.15) is 0 Å². The SMILES string of the molecule is [CH2]CCCCCC(CCCCCCCCCCCCC)CCCCCCCCCCCCCCCCCCC. The molecule has 0 saturated carbocycles. The van der Waals surface area contributed by atoms with E-state index in [-0.39, 0.29) is 0 Å². The van der Waals surface area contributed by atoms with Crippen LogP contribution >= 0.6 is 0 Å². The Balaban J connectivity index is 3.59. The molecule has 0 bridgehead atoms. The maximum absolute atomic E-state index is 4.04. The topological polar surface area (TPSA) is 0 Å². The molecule has 0 N–H and O–H groups in total. The Hall–Kier alpha value is 0. The third-order valence-corrected chi connectivity index (χ3v) is 9.29. The van der Waals surface area contributed by atoms with Crippen LogP contribution in [0, 0.1) is 12.8 Å². The number of unbranched alkanes of at least 4 members (excludes halogenated alkanes) is 29. The minimum absolute atomic E-state index is 1.02. The molecule has 1 atom stereocenters. The van der Waals surface area contributed by atoms with Crippen LogP contribution in [-0.2, 0) is 0 Å². The van der Waals surface area contributed by atoms with Gasteiger partial charge >= 0.3 is 0 Å². The van der Waals surface area contributed by atoms with Crippen LogP contribution in [0.15, 0.2) is 0 Å². The maximum atomic E-state index is 4.04. The molecule has 0 heteroatoms. The molecule has 0 saturated heterocycles. The second-order valence-corrected chi connectivity index (χ2v) is 13.3. The van der Waals surface area contributed by atoms with Crippen LogP contribution in [0.1, 0.15) is 239 Å². The highest BCUT2D eigenvalue weighted by molar-refractivity contribution is 4.62. The first-order valence-electron chi connectivity index (χ1n) is 19.1. The van der Waals surface area contributed by atoms with E-state index in [1.807, 2.05) is 0 Å². The summed E-state index contributed by atoms with van der Waals surface area (Å²) in [5.74, 6) is 1.02. The first-order valence-corrected chi connectivity index (χ1v) is 19.1. The molecule has 0 aromatic carbocycles. The molecule has 0 heterocycles. The second kappa shape index (κ2) is 36.0. The van der Waals surface area contributed by atoms with Gasteiger partial charge in [0.2, 0.25) is 0 Å². The van der Waals surface area contributed by atoms with Gasteiger partial charge in [-0.25, -0.2) is 0 Å². The quantitative estimate of drug-likeness (QED) is 0.0692. The summed E-state index contributed by atoms with van der Waals surface area (Å²) in [6.45, 7) is 8.66. The standard InChI is InChI=1S/C39H79/c1-4-7-10-13-15-17-19-20-21-22-23-24-26-28-30-32-35-38-39(36-33-12-9-6-3)37-34-31-29-27-25-18-16-14-11-8-5-2/h39H,3-38H2,1-2H3. The van der Waals surface area contributed by atoms with Gasteiger partial charge in [0.05, 0.1) is 0 Å². The van der Waals surface area contributed by atoms with Crippen molar-refractivity contribution in [2.45, 2.75) is 239 Å². The van der Waals surface area contributed by atoms with Gasteiger partial charge in [-0.05, 0) is 5.92 Å². The van der Waals surface area contributed by atoms with Crippen molar-refractivity contribution < 1.29 is 0 Å². The monoisotopic (exact) mass is 548 g/mol. The normalized spacial score (nSPS) is 12.4. The van der Waals surface area contributed by atoms with Crippen molar-refractivity contribution in [2.75, 3.05) is 0 Å². The van der Waals surface area contributed by atoms with Gasteiger partial charge in [0.25, 0.3) is 0 Å². The number of rotatable bonds is 35. The highest BCUT2D eigenvalue weighted by Crippen LogP contribution is 2.25. The Morgan fingerprint density at radius 3 is 0.718 bits per heavy atom. The summed E-state index contributed by atoms with van der Waals surface area (Å²) in [6.07, 6.45) is 51.2. The molecule has 1 radical (unpaired) electrons. The summed E-state index contributed by atoms with van der Waals surface area (Å²) < 4.78 is 0. The lowest BCUT2D eigenvalue weighted by atomic mass is 9.89. The van der Waals surface area contributed by atoms with Gasteiger partial charge in [0.15, 0.2) is 0 Å². The fraction of sp³-hybridized carbons (Fsp3) is 0.974. The van der Waals surface area contributed by atoms with E-state index in [0.717, 1.165) is 12.3 Å². The molecule has 0 fully saturated rings. The molecule has 235 valence electrons.